The summed E-state index contributed by atoms with van der Waals surface area (Å²) in [6.45, 7) is -0.416. The molecule has 0 N–H and O–H groups in total. The van der Waals surface area contributed by atoms with Gasteiger partial charge in [0.2, 0.25) is 11.8 Å². The highest BCUT2D eigenvalue weighted by Crippen LogP contribution is 2.35. The molecule has 4 rings (SSSR count). The normalized spacial score (nSPS) is 14.9. The standard InChI is InChI=1S/C21H15F7N4OS/c22-14-3-1-12(2-4-14)13-7-9-31(10-8-13)18-29-17(21(26,27)28)32(19(33)30-18)11-15-5-6-16(34-15)20(23,24)25/h1-7H,8-11H2. The highest BCUT2D eigenvalue weighted by atomic mass is 32.1. The minimum absolute atomic E-state index is 0.0962. The van der Waals surface area contributed by atoms with Crippen LogP contribution in [0.2, 0.25) is 0 Å². The number of anilines is 1. The molecule has 5 nitrogen and oxygen atoms in total. The summed E-state index contributed by atoms with van der Waals surface area (Å²) in [4.78, 5) is 20.0. The fourth-order valence-corrected chi connectivity index (χ4v) is 4.33. The second-order valence-electron chi connectivity index (χ2n) is 7.41. The maximum Gasteiger partial charge on any atom is 0.450 e. The van der Waals surface area contributed by atoms with E-state index in [1.165, 1.54) is 17.0 Å². The van der Waals surface area contributed by atoms with E-state index in [0.717, 1.165) is 23.3 Å². The van der Waals surface area contributed by atoms with Crippen LogP contribution in [0.1, 0.15) is 27.6 Å². The third-order valence-corrected chi connectivity index (χ3v) is 6.22. The van der Waals surface area contributed by atoms with Crippen LogP contribution in [0.4, 0.5) is 36.7 Å². The number of hydrogen-bond acceptors (Lipinski definition) is 5. The number of thiophene rings is 1. The Hall–Kier alpha value is -3.22. The summed E-state index contributed by atoms with van der Waals surface area (Å²) in [5, 5.41) is 0. The quantitative estimate of drug-likeness (QED) is 0.458. The maximum atomic E-state index is 13.7. The SMILES string of the molecule is O=c1nc(N2CC=C(c3ccc(F)cc3)CC2)nc(C(F)(F)F)n1Cc1ccc(C(F)(F)F)s1. The van der Waals surface area contributed by atoms with Crippen LogP contribution < -0.4 is 10.6 Å². The average Bonchev–Trinajstić information content (AvgIpc) is 3.24. The topological polar surface area (TPSA) is 51.0 Å². The molecule has 13 heteroatoms. The van der Waals surface area contributed by atoms with E-state index in [1.54, 1.807) is 18.2 Å². The summed E-state index contributed by atoms with van der Waals surface area (Å²) in [6.07, 6.45) is -7.56. The van der Waals surface area contributed by atoms with Crippen LogP contribution in [0.15, 0.2) is 47.3 Å². The fraction of sp³-hybridized carbons (Fsp3) is 0.286. The monoisotopic (exact) mass is 504 g/mol. The van der Waals surface area contributed by atoms with E-state index in [-0.39, 0.29) is 33.9 Å². The van der Waals surface area contributed by atoms with E-state index in [9.17, 15) is 35.5 Å². The Bertz CT molecular complexity index is 1280. The zero-order valence-corrected chi connectivity index (χ0v) is 17.9. The summed E-state index contributed by atoms with van der Waals surface area (Å²) in [7, 11) is 0. The number of alkyl halides is 6. The van der Waals surface area contributed by atoms with E-state index < -0.39 is 47.1 Å². The fourth-order valence-electron chi connectivity index (χ4n) is 3.46. The van der Waals surface area contributed by atoms with Crippen molar-refractivity contribution in [3.8, 4) is 0 Å². The Morgan fingerprint density at radius 2 is 1.65 bits per heavy atom. The van der Waals surface area contributed by atoms with Gasteiger partial charge in [-0.1, -0.05) is 18.2 Å². The van der Waals surface area contributed by atoms with Crippen LogP contribution in [-0.4, -0.2) is 27.6 Å². The van der Waals surface area contributed by atoms with Crippen molar-refractivity contribution in [2.75, 3.05) is 18.0 Å². The summed E-state index contributed by atoms with van der Waals surface area (Å²) in [5.74, 6) is -2.37. The molecule has 3 aromatic rings. The number of nitrogens with zero attached hydrogens (tertiary/aromatic N) is 4. The van der Waals surface area contributed by atoms with Crippen molar-refractivity contribution in [3.05, 3.63) is 79.9 Å². The van der Waals surface area contributed by atoms with Crippen LogP contribution in [0, 0.1) is 5.82 Å². The van der Waals surface area contributed by atoms with Gasteiger partial charge in [0.25, 0.3) is 0 Å². The average molecular weight is 504 g/mol. The second-order valence-corrected chi connectivity index (χ2v) is 8.58. The molecule has 0 spiro atoms. The van der Waals surface area contributed by atoms with Crippen LogP contribution in [0.25, 0.3) is 5.57 Å². The Kier molecular flexibility index (Phi) is 6.23. The maximum absolute atomic E-state index is 13.7. The van der Waals surface area contributed by atoms with Gasteiger partial charge in [-0.25, -0.2) is 9.18 Å². The van der Waals surface area contributed by atoms with Gasteiger partial charge < -0.3 is 4.90 Å². The van der Waals surface area contributed by atoms with Gasteiger partial charge in [-0.3, -0.25) is 4.57 Å². The Labute approximate surface area is 191 Å². The molecule has 0 atom stereocenters. The molecule has 1 aromatic carbocycles. The largest absolute Gasteiger partial charge is 0.450 e. The number of halogens is 7. The summed E-state index contributed by atoms with van der Waals surface area (Å²) in [5.41, 5.74) is 0.355. The lowest BCUT2D eigenvalue weighted by atomic mass is 10.00. The zero-order chi connectivity index (χ0) is 24.7. The van der Waals surface area contributed by atoms with E-state index in [1.807, 2.05) is 0 Å². The van der Waals surface area contributed by atoms with Gasteiger partial charge >= 0.3 is 18.0 Å². The van der Waals surface area contributed by atoms with Gasteiger partial charge in [-0.05, 0) is 41.8 Å². The zero-order valence-electron chi connectivity index (χ0n) is 17.1. The lowest BCUT2D eigenvalue weighted by Gasteiger charge is -2.27. The molecule has 0 unspecified atom stereocenters. The number of hydrogen-bond donors (Lipinski definition) is 0. The molecule has 0 saturated heterocycles. The van der Waals surface area contributed by atoms with Crippen molar-refractivity contribution < 1.29 is 30.7 Å². The first-order chi connectivity index (χ1) is 15.9. The highest BCUT2D eigenvalue weighted by molar-refractivity contribution is 7.12. The van der Waals surface area contributed by atoms with Gasteiger partial charge in [0.15, 0.2) is 0 Å². The minimum atomic E-state index is -5.04. The second kappa shape index (κ2) is 8.85. The molecule has 180 valence electrons. The summed E-state index contributed by atoms with van der Waals surface area (Å²) >= 11 is 0.245. The molecule has 0 aliphatic carbocycles. The molecule has 3 heterocycles. The van der Waals surface area contributed by atoms with Crippen molar-refractivity contribution in [1.29, 1.82) is 0 Å². The number of aromatic nitrogens is 3. The first kappa shape index (κ1) is 23.9. The van der Waals surface area contributed by atoms with Gasteiger partial charge in [-0.2, -0.15) is 36.3 Å². The third-order valence-electron chi connectivity index (χ3n) is 5.10. The Morgan fingerprint density at radius 1 is 0.941 bits per heavy atom. The van der Waals surface area contributed by atoms with Crippen molar-refractivity contribution in [2.45, 2.75) is 25.3 Å². The van der Waals surface area contributed by atoms with Crippen molar-refractivity contribution in [2.24, 2.45) is 0 Å². The van der Waals surface area contributed by atoms with Gasteiger partial charge in [0, 0.05) is 18.0 Å². The van der Waals surface area contributed by atoms with E-state index >= 15 is 0 Å². The molecule has 0 radical (unpaired) electrons. The van der Waals surface area contributed by atoms with Gasteiger partial charge in [0.1, 0.15) is 10.7 Å². The van der Waals surface area contributed by atoms with E-state index in [2.05, 4.69) is 9.97 Å². The van der Waals surface area contributed by atoms with Crippen LogP contribution >= 0.6 is 11.3 Å². The predicted molar refractivity (Wildman–Crippen MR) is 111 cm³/mol. The highest BCUT2D eigenvalue weighted by Gasteiger charge is 2.39. The number of benzene rings is 1. The molecule has 1 aliphatic heterocycles. The Balaban J connectivity index is 1.62. The lowest BCUT2D eigenvalue weighted by Crippen LogP contribution is -2.37. The van der Waals surface area contributed by atoms with Gasteiger partial charge in [-0.15, -0.1) is 11.3 Å². The molecule has 0 fully saturated rings. The lowest BCUT2D eigenvalue weighted by molar-refractivity contribution is -0.148. The first-order valence-corrected chi connectivity index (χ1v) is 10.7. The van der Waals surface area contributed by atoms with Crippen molar-refractivity contribution in [1.82, 2.24) is 14.5 Å². The van der Waals surface area contributed by atoms with Crippen molar-refractivity contribution >= 4 is 22.9 Å². The Morgan fingerprint density at radius 3 is 2.21 bits per heavy atom. The molecule has 2 aromatic heterocycles. The van der Waals surface area contributed by atoms with Gasteiger partial charge in [0.05, 0.1) is 6.54 Å². The smallest absolute Gasteiger partial charge is 0.337 e. The molecular weight excluding hydrogens is 489 g/mol. The van der Waals surface area contributed by atoms with Crippen molar-refractivity contribution in [3.63, 3.8) is 0 Å². The first-order valence-electron chi connectivity index (χ1n) is 9.84. The summed E-state index contributed by atoms with van der Waals surface area (Å²) in [6, 6.07) is 7.53. The predicted octanol–water partition coefficient (Wildman–Crippen LogP) is 5.22. The minimum Gasteiger partial charge on any atom is -0.337 e. The molecule has 0 amide bonds. The van der Waals surface area contributed by atoms with E-state index in [0.29, 0.717) is 6.42 Å². The molecule has 1 aliphatic rings. The molecule has 0 bridgehead atoms. The van der Waals surface area contributed by atoms with Crippen LogP contribution in [-0.2, 0) is 18.9 Å². The molecular formula is C21H15F7N4OS. The van der Waals surface area contributed by atoms with E-state index in [4.69, 9.17) is 0 Å². The molecule has 34 heavy (non-hydrogen) atoms. The van der Waals surface area contributed by atoms with Crippen LogP contribution in [0.5, 0.6) is 0 Å². The van der Waals surface area contributed by atoms with Crippen LogP contribution in [0.3, 0.4) is 0 Å². The third kappa shape index (κ3) is 5.13. The molecule has 0 saturated carbocycles. The number of rotatable bonds is 4. The summed E-state index contributed by atoms with van der Waals surface area (Å²) < 4.78 is 92.9.